The highest BCUT2D eigenvalue weighted by atomic mass is 79.9. The first-order valence-electron chi connectivity index (χ1n) is 4.80. The van der Waals surface area contributed by atoms with Crippen LogP contribution >= 0.6 is 17.0 Å². The summed E-state index contributed by atoms with van der Waals surface area (Å²) < 4.78 is 1.81. The molecule has 2 rings (SSSR count). The summed E-state index contributed by atoms with van der Waals surface area (Å²) in [6, 6.07) is 5.07. The largest absolute Gasteiger partial charge is 0.369 e. The van der Waals surface area contributed by atoms with Crippen molar-refractivity contribution < 1.29 is 4.79 Å². The Morgan fingerprint density at radius 2 is 2.24 bits per heavy atom. The van der Waals surface area contributed by atoms with Gasteiger partial charge in [0.1, 0.15) is 0 Å². The molecule has 90 valence electrons. The third-order valence-electron chi connectivity index (χ3n) is 2.37. The summed E-state index contributed by atoms with van der Waals surface area (Å²) in [4.78, 5) is 15.2. The van der Waals surface area contributed by atoms with E-state index in [-0.39, 0.29) is 17.0 Å². The molecule has 0 aliphatic carbocycles. The van der Waals surface area contributed by atoms with Crippen LogP contribution in [-0.4, -0.2) is 15.5 Å². The molecule has 1 aromatic carbocycles. The molecule has 17 heavy (non-hydrogen) atoms. The van der Waals surface area contributed by atoms with Gasteiger partial charge in [-0.15, -0.1) is 23.6 Å². The van der Waals surface area contributed by atoms with Crippen LogP contribution in [0.5, 0.6) is 0 Å². The van der Waals surface area contributed by atoms with Crippen LogP contribution in [-0.2, 0) is 6.54 Å². The van der Waals surface area contributed by atoms with Crippen molar-refractivity contribution in [1.82, 2.24) is 9.55 Å². The predicted molar refractivity (Wildman–Crippen MR) is 73.2 cm³/mol. The van der Waals surface area contributed by atoms with Gasteiger partial charge in [0.25, 0.3) is 0 Å². The van der Waals surface area contributed by atoms with Crippen molar-refractivity contribution in [3.05, 3.63) is 36.4 Å². The Kier molecular flexibility index (Phi) is 3.90. The number of rotatable bonds is 3. The van der Waals surface area contributed by atoms with Crippen molar-refractivity contribution in [2.75, 3.05) is 5.73 Å². The van der Waals surface area contributed by atoms with Gasteiger partial charge in [0.05, 0.1) is 11.0 Å². The third-order valence-corrected chi connectivity index (χ3v) is 2.37. The molecule has 1 amide bonds. The fourth-order valence-electron chi connectivity index (χ4n) is 1.62. The zero-order valence-electron chi connectivity index (χ0n) is 9.09. The Balaban J connectivity index is 0.00000144. The summed E-state index contributed by atoms with van der Waals surface area (Å²) >= 11 is 0. The SMILES string of the molecule is Br.C=CCn1c(N)nc2cc(C(N)=O)ccc21. The summed E-state index contributed by atoms with van der Waals surface area (Å²) in [7, 11) is 0. The van der Waals surface area contributed by atoms with E-state index in [1.807, 2.05) is 4.57 Å². The highest BCUT2D eigenvalue weighted by molar-refractivity contribution is 8.93. The first-order valence-corrected chi connectivity index (χ1v) is 4.80. The molecule has 4 N–H and O–H groups in total. The number of carbonyl (C=O) groups excluding carboxylic acids is 1. The number of benzene rings is 1. The molecule has 0 radical (unpaired) electrons. The first-order chi connectivity index (χ1) is 7.63. The lowest BCUT2D eigenvalue weighted by Crippen LogP contribution is -2.10. The van der Waals surface area contributed by atoms with E-state index in [9.17, 15) is 4.79 Å². The lowest BCUT2D eigenvalue weighted by atomic mass is 10.2. The molecule has 5 nitrogen and oxygen atoms in total. The van der Waals surface area contributed by atoms with Gasteiger partial charge >= 0.3 is 0 Å². The van der Waals surface area contributed by atoms with E-state index in [1.54, 1.807) is 24.3 Å². The summed E-state index contributed by atoms with van der Waals surface area (Å²) in [5.74, 6) is -0.0738. The number of halogens is 1. The highest BCUT2D eigenvalue weighted by Gasteiger charge is 2.09. The van der Waals surface area contributed by atoms with Gasteiger partial charge in [-0.25, -0.2) is 4.98 Å². The number of aromatic nitrogens is 2. The van der Waals surface area contributed by atoms with Crippen LogP contribution in [0.25, 0.3) is 11.0 Å². The van der Waals surface area contributed by atoms with Crippen molar-refractivity contribution in [2.45, 2.75) is 6.54 Å². The van der Waals surface area contributed by atoms with E-state index in [4.69, 9.17) is 11.5 Å². The molecule has 0 atom stereocenters. The van der Waals surface area contributed by atoms with Gasteiger partial charge in [0, 0.05) is 12.1 Å². The molecule has 0 aliphatic rings. The lowest BCUT2D eigenvalue weighted by molar-refractivity contribution is 0.100. The fourth-order valence-corrected chi connectivity index (χ4v) is 1.62. The number of hydrogen-bond acceptors (Lipinski definition) is 3. The van der Waals surface area contributed by atoms with Crippen LogP contribution in [0.2, 0.25) is 0 Å². The molecule has 0 saturated carbocycles. The minimum Gasteiger partial charge on any atom is -0.369 e. The van der Waals surface area contributed by atoms with Crippen molar-refractivity contribution in [2.24, 2.45) is 5.73 Å². The van der Waals surface area contributed by atoms with Crippen molar-refractivity contribution in [1.29, 1.82) is 0 Å². The first kappa shape index (κ1) is 13.2. The normalized spacial score (nSPS) is 9.88. The zero-order valence-corrected chi connectivity index (χ0v) is 10.8. The number of anilines is 1. The maximum Gasteiger partial charge on any atom is 0.248 e. The van der Waals surface area contributed by atoms with Gasteiger partial charge in [-0.05, 0) is 18.2 Å². The number of allylic oxidation sites excluding steroid dienone is 1. The second-order valence-corrected chi connectivity index (χ2v) is 3.44. The predicted octanol–water partition coefficient (Wildman–Crippen LogP) is 1.48. The number of nitrogen functional groups attached to an aromatic ring is 1. The molecule has 1 aromatic heterocycles. The van der Waals surface area contributed by atoms with E-state index in [2.05, 4.69) is 11.6 Å². The molecule has 0 spiro atoms. The van der Waals surface area contributed by atoms with Gasteiger partial charge in [-0.1, -0.05) is 6.08 Å². The van der Waals surface area contributed by atoms with E-state index in [0.717, 1.165) is 5.52 Å². The average molecular weight is 297 g/mol. The Morgan fingerprint density at radius 3 is 2.82 bits per heavy atom. The Labute approximate surface area is 109 Å². The molecular formula is C11H13BrN4O. The van der Waals surface area contributed by atoms with Crippen LogP contribution in [0.3, 0.4) is 0 Å². The highest BCUT2D eigenvalue weighted by Crippen LogP contribution is 2.19. The van der Waals surface area contributed by atoms with Crippen LogP contribution in [0.4, 0.5) is 5.95 Å². The fraction of sp³-hybridized carbons (Fsp3) is 0.0909. The lowest BCUT2D eigenvalue weighted by Gasteiger charge is -2.01. The van der Waals surface area contributed by atoms with Crippen LogP contribution < -0.4 is 11.5 Å². The van der Waals surface area contributed by atoms with E-state index in [1.165, 1.54) is 0 Å². The van der Waals surface area contributed by atoms with Gasteiger partial charge in [0.2, 0.25) is 11.9 Å². The molecular weight excluding hydrogens is 284 g/mol. The van der Waals surface area contributed by atoms with Crippen LogP contribution in [0.15, 0.2) is 30.9 Å². The van der Waals surface area contributed by atoms with Gasteiger partial charge < -0.3 is 16.0 Å². The Morgan fingerprint density at radius 1 is 1.53 bits per heavy atom. The topological polar surface area (TPSA) is 86.9 Å². The number of hydrogen-bond donors (Lipinski definition) is 2. The minimum atomic E-state index is -0.473. The molecule has 0 unspecified atom stereocenters. The average Bonchev–Trinajstić information content (AvgIpc) is 2.55. The number of imidazole rings is 1. The maximum absolute atomic E-state index is 11.0. The summed E-state index contributed by atoms with van der Waals surface area (Å²) in [6.45, 7) is 4.23. The van der Waals surface area contributed by atoms with Crippen molar-refractivity contribution in [3.8, 4) is 0 Å². The number of nitrogens with zero attached hydrogens (tertiary/aromatic N) is 2. The van der Waals surface area contributed by atoms with Gasteiger partial charge in [-0.3, -0.25) is 4.79 Å². The molecule has 1 heterocycles. The third kappa shape index (κ3) is 2.31. The quantitative estimate of drug-likeness (QED) is 0.841. The maximum atomic E-state index is 11.0. The Hall–Kier alpha value is -1.82. The smallest absolute Gasteiger partial charge is 0.248 e. The van der Waals surface area contributed by atoms with E-state index < -0.39 is 5.91 Å². The zero-order chi connectivity index (χ0) is 11.7. The summed E-state index contributed by atoms with van der Waals surface area (Å²) in [5.41, 5.74) is 12.9. The molecule has 0 fully saturated rings. The van der Waals surface area contributed by atoms with Crippen molar-refractivity contribution in [3.63, 3.8) is 0 Å². The summed E-state index contributed by atoms with van der Waals surface area (Å²) in [5, 5.41) is 0. The minimum absolute atomic E-state index is 0. The number of carbonyl (C=O) groups is 1. The van der Waals surface area contributed by atoms with Crippen LogP contribution in [0.1, 0.15) is 10.4 Å². The molecule has 0 saturated heterocycles. The molecule has 0 bridgehead atoms. The second-order valence-electron chi connectivity index (χ2n) is 3.44. The van der Waals surface area contributed by atoms with Gasteiger partial charge in [0.15, 0.2) is 0 Å². The number of primary amides is 1. The molecule has 0 aliphatic heterocycles. The van der Waals surface area contributed by atoms with E-state index in [0.29, 0.717) is 23.6 Å². The number of amides is 1. The molecule has 6 heteroatoms. The van der Waals surface area contributed by atoms with E-state index >= 15 is 0 Å². The molecule has 2 aromatic rings. The monoisotopic (exact) mass is 296 g/mol. The standard InChI is InChI=1S/C11H12N4O.BrH/c1-2-5-15-9-4-3-7(10(12)16)6-8(9)14-11(15)13;/h2-4,6H,1,5H2,(H2,12,16)(H2,13,14);1H. The van der Waals surface area contributed by atoms with Gasteiger partial charge in [-0.2, -0.15) is 0 Å². The second kappa shape index (κ2) is 5.01. The van der Waals surface area contributed by atoms with Crippen LogP contribution in [0, 0.1) is 0 Å². The number of fused-ring (bicyclic) bond motifs is 1. The number of nitrogens with two attached hydrogens (primary N) is 2. The van der Waals surface area contributed by atoms with Crippen molar-refractivity contribution >= 4 is 39.9 Å². The summed E-state index contributed by atoms with van der Waals surface area (Å²) in [6.07, 6.45) is 1.74. The Bertz CT molecular complexity index is 576.